The molecule has 1 aromatic rings. The highest BCUT2D eigenvalue weighted by Crippen LogP contribution is 2.28. The smallest absolute Gasteiger partial charge is 0.243 e. The summed E-state index contributed by atoms with van der Waals surface area (Å²) in [7, 11) is -3.46. The van der Waals surface area contributed by atoms with Gasteiger partial charge >= 0.3 is 0 Å². The third-order valence-corrected chi connectivity index (χ3v) is 5.67. The minimum Gasteiger partial charge on any atom is -0.397 e. The van der Waals surface area contributed by atoms with Gasteiger partial charge in [-0.05, 0) is 38.0 Å². The number of nitrogens with zero attached hydrogens (tertiary/aromatic N) is 1. The van der Waals surface area contributed by atoms with Crippen LogP contribution in [-0.2, 0) is 10.0 Å². The van der Waals surface area contributed by atoms with Crippen LogP contribution in [0.3, 0.4) is 0 Å². The number of anilines is 1. The lowest BCUT2D eigenvalue weighted by atomic mass is 10.1. The lowest BCUT2D eigenvalue weighted by molar-refractivity contribution is 0.268. The summed E-state index contributed by atoms with van der Waals surface area (Å²) in [6, 6.07) is 4.51. The minimum atomic E-state index is -3.46. The van der Waals surface area contributed by atoms with Gasteiger partial charge in [0.25, 0.3) is 0 Å². The molecule has 0 unspecified atom stereocenters. The van der Waals surface area contributed by atoms with Gasteiger partial charge in [-0.15, -0.1) is 0 Å². The summed E-state index contributed by atoms with van der Waals surface area (Å²) < 4.78 is 26.5. The summed E-state index contributed by atoms with van der Waals surface area (Å²) >= 11 is 5.81. The van der Waals surface area contributed by atoms with E-state index in [9.17, 15) is 8.42 Å². The topological polar surface area (TPSA) is 63.4 Å². The molecule has 2 rings (SSSR count). The van der Waals surface area contributed by atoms with E-state index in [0.29, 0.717) is 17.3 Å². The molecule has 1 atom stereocenters. The quantitative estimate of drug-likeness (QED) is 0.851. The van der Waals surface area contributed by atoms with Crippen LogP contribution >= 0.6 is 11.6 Å². The van der Waals surface area contributed by atoms with Gasteiger partial charge in [0.15, 0.2) is 0 Å². The summed E-state index contributed by atoms with van der Waals surface area (Å²) in [5.74, 6) is 0. The second-order valence-corrected chi connectivity index (χ2v) is 6.94. The van der Waals surface area contributed by atoms with Gasteiger partial charge in [0.05, 0.1) is 15.6 Å². The maximum Gasteiger partial charge on any atom is 0.243 e. The van der Waals surface area contributed by atoms with Crippen molar-refractivity contribution >= 4 is 27.3 Å². The van der Waals surface area contributed by atoms with Crippen LogP contribution in [0.4, 0.5) is 5.69 Å². The number of nitrogens with two attached hydrogens (primary N) is 1. The molecule has 0 bridgehead atoms. The Hall–Kier alpha value is -0.780. The maximum absolute atomic E-state index is 12.5. The molecular formula is C12H17ClN2O2S. The normalized spacial score (nSPS) is 22.0. The average Bonchev–Trinajstić information content (AvgIpc) is 2.33. The molecule has 4 nitrogen and oxygen atoms in total. The molecule has 1 saturated heterocycles. The van der Waals surface area contributed by atoms with Gasteiger partial charge in [-0.2, -0.15) is 4.31 Å². The average molecular weight is 289 g/mol. The van der Waals surface area contributed by atoms with E-state index in [2.05, 4.69) is 0 Å². The van der Waals surface area contributed by atoms with Crippen LogP contribution in [-0.4, -0.2) is 25.3 Å². The zero-order valence-corrected chi connectivity index (χ0v) is 11.8. The first-order valence-corrected chi connectivity index (χ1v) is 7.81. The lowest BCUT2D eigenvalue weighted by Gasteiger charge is -2.32. The minimum absolute atomic E-state index is 0.0423. The Morgan fingerprint density at radius 1 is 1.39 bits per heavy atom. The van der Waals surface area contributed by atoms with Crippen LogP contribution < -0.4 is 5.73 Å². The van der Waals surface area contributed by atoms with Gasteiger partial charge in [0, 0.05) is 12.6 Å². The molecule has 100 valence electrons. The number of rotatable bonds is 2. The monoisotopic (exact) mass is 288 g/mol. The van der Waals surface area contributed by atoms with E-state index in [4.69, 9.17) is 17.3 Å². The van der Waals surface area contributed by atoms with E-state index in [-0.39, 0.29) is 10.9 Å². The van der Waals surface area contributed by atoms with Crippen molar-refractivity contribution in [1.82, 2.24) is 4.31 Å². The lowest BCUT2D eigenvalue weighted by Crippen LogP contribution is -2.41. The Morgan fingerprint density at radius 2 is 2.11 bits per heavy atom. The van der Waals surface area contributed by atoms with E-state index in [1.807, 2.05) is 6.92 Å². The predicted octanol–water partition coefficient (Wildman–Crippen LogP) is 2.49. The number of benzene rings is 1. The van der Waals surface area contributed by atoms with E-state index < -0.39 is 10.0 Å². The Bertz CT molecular complexity index is 545. The van der Waals surface area contributed by atoms with Gasteiger partial charge in [-0.3, -0.25) is 0 Å². The number of halogens is 1. The summed E-state index contributed by atoms with van der Waals surface area (Å²) in [5.41, 5.74) is 5.96. The van der Waals surface area contributed by atoms with Crippen LogP contribution in [0.25, 0.3) is 0 Å². The molecule has 2 N–H and O–H groups in total. The first-order valence-electron chi connectivity index (χ1n) is 6.00. The van der Waals surface area contributed by atoms with Gasteiger partial charge < -0.3 is 5.73 Å². The van der Waals surface area contributed by atoms with E-state index in [1.165, 1.54) is 18.2 Å². The highest BCUT2D eigenvalue weighted by molar-refractivity contribution is 7.89. The molecular weight excluding hydrogens is 272 g/mol. The molecule has 0 spiro atoms. The third-order valence-electron chi connectivity index (χ3n) is 3.32. The van der Waals surface area contributed by atoms with Crippen molar-refractivity contribution in [3.8, 4) is 0 Å². The number of nitrogen functional groups attached to an aromatic ring is 1. The first kappa shape index (κ1) is 13.6. The van der Waals surface area contributed by atoms with Crippen LogP contribution in [0.2, 0.25) is 5.02 Å². The van der Waals surface area contributed by atoms with Crippen molar-refractivity contribution in [2.75, 3.05) is 12.3 Å². The largest absolute Gasteiger partial charge is 0.397 e. The van der Waals surface area contributed by atoms with Crippen LogP contribution in [0.5, 0.6) is 0 Å². The summed E-state index contributed by atoms with van der Waals surface area (Å²) in [5, 5.41) is 0.376. The molecule has 0 aromatic heterocycles. The molecule has 1 aromatic carbocycles. The molecule has 1 fully saturated rings. The molecule has 1 heterocycles. The van der Waals surface area contributed by atoms with Gasteiger partial charge in [-0.25, -0.2) is 8.42 Å². The highest BCUT2D eigenvalue weighted by Gasteiger charge is 2.31. The van der Waals surface area contributed by atoms with Gasteiger partial charge in [0.1, 0.15) is 0 Å². The molecule has 0 radical (unpaired) electrons. The van der Waals surface area contributed by atoms with E-state index >= 15 is 0 Å². The molecule has 0 aliphatic carbocycles. The second-order valence-electron chi connectivity index (χ2n) is 4.64. The summed E-state index contributed by atoms with van der Waals surface area (Å²) in [6.45, 7) is 2.52. The number of sulfonamides is 1. The molecule has 1 aliphatic rings. The Balaban J connectivity index is 2.37. The van der Waals surface area contributed by atoms with Crippen molar-refractivity contribution in [3.63, 3.8) is 0 Å². The van der Waals surface area contributed by atoms with Gasteiger partial charge in [0.2, 0.25) is 10.0 Å². The van der Waals surface area contributed by atoms with Crippen molar-refractivity contribution in [2.24, 2.45) is 0 Å². The number of piperidine rings is 1. The van der Waals surface area contributed by atoms with Crippen LogP contribution in [0.1, 0.15) is 26.2 Å². The van der Waals surface area contributed by atoms with Crippen LogP contribution in [0.15, 0.2) is 23.1 Å². The number of hydrogen-bond donors (Lipinski definition) is 1. The van der Waals surface area contributed by atoms with Crippen molar-refractivity contribution in [3.05, 3.63) is 23.2 Å². The SMILES string of the molecule is C[C@H]1CCCCN1S(=O)(=O)c1ccc(Cl)c(N)c1. The third kappa shape index (κ3) is 2.48. The fraction of sp³-hybridized carbons (Fsp3) is 0.500. The van der Waals surface area contributed by atoms with E-state index in [1.54, 1.807) is 4.31 Å². The van der Waals surface area contributed by atoms with Crippen molar-refractivity contribution in [2.45, 2.75) is 37.1 Å². The Morgan fingerprint density at radius 3 is 2.72 bits per heavy atom. The molecule has 6 heteroatoms. The van der Waals surface area contributed by atoms with Crippen molar-refractivity contribution in [1.29, 1.82) is 0 Å². The Kier molecular flexibility index (Phi) is 3.84. The zero-order chi connectivity index (χ0) is 13.3. The molecule has 0 saturated carbocycles. The molecule has 18 heavy (non-hydrogen) atoms. The fourth-order valence-corrected chi connectivity index (χ4v) is 4.10. The maximum atomic E-state index is 12.5. The van der Waals surface area contributed by atoms with Crippen molar-refractivity contribution < 1.29 is 8.42 Å². The molecule has 0 amide bonds. The fourth-order valence-electron chi connectivity index (χ4n) is 2.25. The standard InChI is InChI=1S/C12H17ClN2O2S/c1-9-4-2-3-7-15(9)18(16,17)10-5-6-11(13)12(14)8-10/h5-6,8-9H,2-4,7,14H2,1H3/t9-/m0/s1. The zero-order valence-electron chi connectivity index (χ0n) is 10.3. The summed E-state index contributed by atoms with van der Waals surface area (Å²) in [6.07, 6.45) is 2.89. The van der Waals surface area contributed by atoms with Crippen LogP contribution in [0, 0.1) is 0 Å². The first-order chi connectivity index (χ1) is 8.43. The number of hydrogen-bond acceptors (Lipinski definition) is 3. The van der Waals surface area contributed by atoms with Gasteiger partial charge in [-0.1, -0.05) is 18.0 Å². The molecule has 1 aliphatic heterocycles. The summed E-state index contributed by atoms with van der Waals surface area (Å²) in [4.78, 5) is 0.221. The van der Waals surface area contributed by atoms with E-state index in [0.717, 1.165) is 19.3 Å². The second kappa shape index (κ2) is 5.07. The Labute approximate surface area is 113 Å². The highest BCUT2D eigenvalue weighted by atomic mass is 35.5. The predicted molar refractivity (Wildman–Crippen MR) is 73.1 cm³/mol.